The molecule has 23 heavy (non-hydrogen) atoms. The number of benzene rings is 1. The van der Waals surface area contributed by atoms with Crippen LogP contribution in [-0.4, -0.2) is 17.5 Å². The molecule has 3 rings (SSSR count). The van der Waals surface area contributed by atoms with E-state index in [0.29, 0.717) is 39.1 Å². The Hall–Kier alpha value is -1.30. The number of nitrogens with zero attached hydrogens (tertiary/aromatic N) is 1. The van der Waals surface area contributed by atoms with E-state index >= 15 is 0 Å². The van der Waals surface area contributed by atoms with Gasteiger partial charge in [-0.3, -0.25) is 4.79 Å². The predicted octanol–water partition coefficient (Wildman–Crippen LogP) is 5.25. The first-order valence-electron chi connectivity index (χ1n) is 7.38. The highest BCUT2D eigenvalue weighted by Gasteiger charge is 2.20. The van der Waals surface area contributed by atoms with Gasteiger partial charge in [-0.1, -0.05) is 29.6 Å². The molecule has 122 valence electrons. The molecule has 1 amide bonds. The van der Waals surface area contributed by atoms with Crippen molar-refractivity contribution in [1.82, 2.24) is 4.98 Å². The quantitative estimate of drug-likeness (QED) is 0.781. The summed E-state index contributed by atoms with van der Waals surface area (Å²) >= 11 is 14.0. The number of hydrogen-bond acceptors (Lipinski definition) is 4. The number of anilines is 1. The lowest BCUT2D eigenvalue weighted by Gasteiger charge is -2.25. The first-order valence-corrected chi connectivity index (χ1v) is 9.02. The zero-order chi connectivity index (χ0) is 16.4. The minimum Gasteiger partial charge on any atom is -0.490 e. The summed E-state index contributed by atoms with van der Waals surface area (Å²) < 4.78 is 5.78. The van der Waals surface area contributed by atoms with Crippen molar-refractivity contribution < 1.29 is 9.53 Å². The zero-order valence-corrected chi connectivity index (χ0v) is 14.9. The molecule has 2 aromatic rings. The highest BCUT2D eigenvalue weighted by atomic mass is 35.5. The number of halogens is 2. The van der Waals surface area contributed by atoms with E-state index in [4.69, 9.17) is 27.9 Å². The first-order chi connectivity index (χ1) is 11.0. The van der Waals surface area contributed by atoms with E-state index in [0.717, 1.165) is 5.56 Å². The van der Waals surface area contributed by atoms with Gasteiger partial charge in [0.1, 0.15) is 0 Å². The molecule has 0 spiro atoms. The van der Waals surface area contributed by atoms with Gasteiger partial charge in [0.05, 0.1) is 22.3 Å². The molecule has 0 bridgehead atoms. The second-order valence-corrected chi connectivity index (χ2v) is 7.27. The maximum absolute atomic E-state index is 11.1. The molecule has 1 aromatic heterocycles. The van der Waals surface area contributed by atoms with Gasteiger partial charge in [-0.2, -0.15) is 0 Å². The lowest BCUT2D eigenvalue weighted by molar-refractivity contribution is -0.114. The first kappa shape index (κ1) is 16.6. The highest BCUT2D eigenvalue weighted by molar-refractivity contribution is 7.14. The smallest absolute Gasteiger partial charge is 0.223 e. The van der Waals surface area contributed by atoms with Gasteiger partial charge >= 0.3 is 0 Å². The van der Waals surface area contributed by atoms with Gasteiger partial charge < -0.3 is 10.1 Å². The predicted molar refractivity (Wildman–Crippen MR) is 94.7 cm³/mol. The van der Waals surface area contributed by atoms with Crippen LogP contribution in [0, 0.1) is 5.92 Å². The van der Waals surface area contributed by atoms with E-state index in [2.05, 4.69) is 10.3 Å². The second-order valence-electron chi connectivity index (χ2n) is 5.60. The Morgan fingerprint density at radius 3 is 2.65 bits per heavy atom. The number of carbonyl (C=O) groups is 1. The number of nitrogens with one attached hydrogen (secondary N) is 1. The van der Waals surface area contributed by atoms with Gasteiger partial charge in [-0.15, -0.1) is 11.3 Å². The third kappa shape index (κ3) is 3.97. The van der Waals surface area contributed by atoms with Crippen LogP contribution >= 0.6 is 34.5 Å². The summed E-state index contributed by atoms with van der Waals surface area (Å²) in [7, 11) is 0. The number of carbonyl (C=O) groups excluding carboxylic acids is 1. The van der Waals surface area contributed by atoms with Crippen molar-refractivity contribution in [2.24, 2.45) is 5.92 Å². The minimum absolute atomic E-state index is 0.151. The summed E-state index contributed by atoms with van der Waals surface area (Å²) in [6, 6.07) is 3.58. The molecule has 7 heteroatoms. The van der Waals surface area contributed by atoms with E-state index in [1.165, 1.54) is 37.5 Å². The van der Waals surface area contributed by atoms with Crippen molar-refractivity contribution in [3.63, 3.8) is 0 Å². The van der Waals surface area contributed by atoms with Crippen LogP contribution in [0.15, 0.2) is 17.5 Å². The zero-order valence-electron chi connectivity index (χ0n) is 12.6. The highest BCUT2D eigenvalue weighted by Crippen LogP contribution is 2.39. The van der Waals surface area contributed by atoms with Crippen LogP contribution in [0.2, 0.25) is 10.0 Å². The fourth-order valence-corrected chi connectivity index (χ4v) is 3.68. The Balaban J connectivity index is 1.77. The molecule has 1 N–H and O–H groups in total. The number of ether oxygens (including phenoxy) is 1. The molecule has 1 aliphatic carbocycles. The molecule has 0 saturated heterocycles. The van der Waals surface area contributed by atoms with Crippen molar-refractivity contribution >= 4 is 45.6 Å². The van der Waals surface area contributed by atoms with E-state index < -0.39 is 0 Å². The molecule has 1 fully saturated rings. The monoisotopic (exact) mass is 370 g/mol. The standard InChI is InChI=1S/C16H16Cl2N2O2S/c1-9(21)19-16-20-14(8-23-16)11-5-12(17)15(13(18)6-11)22-7-10-3-2-4-10/h5-6,8,10H,2-4,7H2,1H3,(H,19,20,21). The molecule has 1 heterocycles. The summed E-state index contributed by atoms with van der Waals surface area (Å²) in [5.74, 6) is 0.989. The summed E-state index contributed by atoms with van der Waals surface area (Å²) in [5.41, 5.74) is 1.51. The van der Waals surface area contributed by atoms with Gasteiger partial charge in [-0.05, 0) is 30.9 Å². The molecular formula is C16H16Cl2N2O2S. The molecule has 1 saturated carbocycles. The molecule has 0 unspecified atom stereocenters. The molecule has 0 atom stereocenters. The normalized spacial score (nSPS) is 14.4. The molecule has 0 radical (unpaired) electrons. The molecule has 1 aromatic carbocycles. The van der Waals surface area contributed by atoms with Crippen LogP contribution in [0.4, 0.5) is 5.13 Å². The average Bonchev–Trinajstić information content (AvgIpc) is 2.87. The number of amides is 1. The number of aromatic nitrogens is 1. The van der Waals surface area contributed by atoms with Gasteiger partial charge in [0.15, 0.2) is 10.9 Å². The fourth-order valence-electron chi connectivity index (χ4n) is 2.32. The van der Waals surface area contributed by atoms with Crippen LogP contribution < -0.4 is 10.1 Å². The molecule has 1 aliphatic rings. The van der Waals surface area contributed by atoms with Crippen molar-refractivity contribution in [3.05, 3.63) is 27.6 Å². The van der Waals surface area contributed by atoms with Crippen molar-refractivity contribution in [1.29, 1.82) is 0 Å². The van der Waals surface area contributed by atoms with Gasteiger partial charge in [0, 0.05) is 17.9 Å². The molecular weight excluding hydrogens is 355 g/mol. The minimum atomic E-state index is -0.151. The van der Waals surface area contributed by atoms with Crippen LogP contribution in [0.25, 0.3) is 11.3 Å². The van der Waals surface area contributed by atoms with Crippen molar-refractivity contribution in [2.75, 3.05) is 11.9 Å². The summed E-state index contributed by atoms with van der Waals surface area (Å²) in [6.07, 6.45) is 3.69. The Kier molecular flexibility index (Phi) is 5.09. The Morgan fingerprint density at radius 2 is 2.09 bits per heavy atom. The van der Waals surface area contributed by atoms with Crippen molar-refractivity contribution in [3.8, 4) is 17.0 Å². The van der Waals surface area contributed by atoms with Gasteiger partial charge in [0.25, 0.3) is 0 Å². The maximum atomic E-state index is 11.1. The second kappa shape index (κ2) is 7.07. The average molecular weight is 371 g/mol. The van der Waals surface area contributed by atoms with Crippen LogP contribution in [-0.2, 0) is 4.79 Å². The lowest BCUT2D eigenvalue weighted by atomic mass is 9.86. The SMILES string of the molecule is CC(=O)Nc1nc(-c2cc(Cl)c(OCC3CCC3)c(Cl)c2)cs1. The topological polar surface area (TPSA) is 51.2 Å². The van der Waals surface area contributed by atoms with E-state index in [-0.39, 0.29) is 5.91 Å². The lowest BCUT2D eigenvalue weighted by Crippen LogP contribution is -2.19. The van der Waals surface area contributed by atoms with Crippen LogP contribution in [0.5, 0.6) is 5.75 Å². The number of thiazole rings is 1. The Labute approximate surface area is 148 Å². The Bertz CT molecular complexity index is 706. The Morgan fingerprint density at radius 1 is 1.39 bits per heavy atom. The molecule has 4 nitrogen and oxygen atoms in total. The van der Waals surface area contributed by atoms with Gasteiger partial charge in [-0.25, -0.2) is 4.98 Å². The largest absolute Gasteiger partial charge is 0.490 e. The summed E-state index contributed by atoms with van der Waals surface area (Å²) in [6.45, 7) is 2.10. The van der Waals surface area contributed by atoms with E-state index in [9.17, 15) is 4.79 Å². The molecule has 0 aliphatic heterocycles. The van der Waals surface area contributed by atoms with Crippen LogP contribution in [0.1, 0.15) is 26.2 Å². The van der Waals surface area contributed by atoms with Gasteiger partial charge in [0.2, 0.25) is 5.91 Å². The van der Waals surface area contributed by atoms with Crippen molar-refractivity contribution in [2.45, 2.75) is 26.2 Å². The third-order valence-corrected chi connectivity index (χ3v) is 5.09. The van der Waals surface area contributed by atoms with E-state index in [1.54, 1.807) is 12.1 Å². The van der Waals surface area contributed by atoms with Crippen LogP contribution in [0.3, 0.4) is 0 Å². The number of hydrogen-bond donors (Lipinski definition) is 1. The maximum Gasteiger partial charge on any atom is 0.223 e. The summed E-state index contributed by atoms with van der Waals surface area (Å²) in [4.78, 5) is 15.4. The number of rotatable bonds is 5. The summed E-state index contributed by atoms with van der Waals surface area (Å²) in [5, 5.41) is 6.00. The third-order valence-electron chi connectivity index (χ3n) is 3.77. The fraction of sp³-hybridized carbons (Fsp3) is 0.375. The van der Waals surface area contributed by atoms with E-state index in [1.807, 2.05) is 5.38 Å².